The summed E-state index contributed by atoms with van der Waals surface area (Å²) in [5.74, 6) is -1.11. The van der Waals surface area contributed by atoms with Crippen LogP contribution in [0.5, 0.6) is 0 Å². The minimum Gasteiger partial charge on any atom is -0.480 e. The van der Waals surface area contributed by atoms with Crippen molar-refractivity contribution in [3.8, 4) is 6.07 Å². The molecule has 4 rings (SSSR count). The minimum absolute atomic E-state index is 0.0664. The van der Waals surface area contributed by atoms with Crippen molar-refractivity contribution in [1.82, 2.24) is 9.88 Å². The van der Waals surface area contributed by atoms with Gasteiger partial charge in [-0.2, -0.15) is 5.26 Å². The summed E-state index contributed by atoms with van der Waals surface area (Å²) in [6, 6.07) is 13.3. The number of likely N-dealkylation sites (tertiary alicyclic amines) is 1. The fourth-order valence-electron chi connectivity index (χ4n) is 5.97. The zero-order valence-corrected chi connectivity index (χ0v) is 20.6. The number of anilines is 1. The summed E-state index contributed by atoms with van der Waals surface area (Å²) in [4.78, 5) is 33.0. The molecule has 1 aromatic carbocycles. The molecule has 1 amide bonds. The second-order valence-electron chi connectivity index (χ2n) is 10.8. The van der Waals surface area contributed by atoms with Gasteiger partial charge in [0.25, 0.3) is 0 Å². The van der Waals surface area contributed by atoms with Gasteiger partial charge in [-0.15, -0.1) is 0 Å². The molecule has 2 aromatic rings. The van der Waals surface area contributed by atoms with E-state index in [9.17, 15) is 20.0 Å². The number of hydrogen-bond acceptors (Lipinski definition) is 5. The van der Waals surface area contributed by atoms with E-state index in [1.54, 1.807) is 23.2 Å². The third-order valence-electron chi connectivity index (χ3n) is 7.47. The van der Waals surface area contributed by atoms with Crippen LogP contribution in [0, 0.1) is 28.6 Å². The molecule has 35 heavy (non-hydrogen) atoms. The number of pyridine rings is 1. The van der Waals surface area contributed by atoms with Crippen LogP contribution in [-0.4, -0.2) is 39.0 Å². The topological polar surface area (TPSA) is 106 Å². The number of rotatable bonds is 5. The third kappa shape index (κ3) is 5.02. The van der Waals surface area contributed by atoms with Crippen molar-refractivity contribution in [2.24, 2.45) is 17.3 Å². The number of carbonyl (C=O) groups excluding carboxylic acids is 1. The molecule has 1 saturated carbocycles. The van der Waals surface area contributed by atoms with Gasteiger partial charge in [0.15, 0.2) is 0 Å². The van der Waals surface area contributed by atoms with E-state index in [2.05, 4.69) is 16.4 Å². The molecular weight excluding hydrogens is 440 g/mol. The molecular formula is C28H34N4O3. The molecule has 4 atom stereocenters. The minimum atomic E-state index is -0.988. The molecule has 2 fully saturated rings. The van der Waals surface area contributed by atoms with Gasteiger partial charge in [-0.05, 0) is 36.0 Å². The molecule has 1 aliphatic heterocycles. The van der Waals surface area contributed by atoms with Crippen molar-refractivity contribution in [2.75, 3.05) is 5.32 Å². The van der Waals surface area contributed by atoms with E-state index >= 15 is 0 Å². The third-order valence-corrected chi connectivity index (χ3v) is 7.47. The first-order chi connectivity index (χ1) is 16.7. The van der Waals surface area contributed by atoms with Crippen LogP contribution < -0.4 is 5.32 Å². The molecule has 1 aliphatic carbocycles. The first kappa shape index (κ1) is 24.7. The molecule has 0 spiro atoms. The fraction of sp³-hybridized carbons (Fsp3) is 0.500. The number of aliphatic carboxylic acids is 1. The highest BCUT2D eigenvalue weighted by atomic mass is 16.4. The lowest BCUT2D eigenvalue weighted by Gasteiger charge is -2.36. The maximum Gasteiger partial charge on any atom is 0.326 e. The Morgan fingerprint density at radius 2 is 1.80 bits per heavy atom. The van der Waals surface area contributed by atoms with Crippen molar-refractivity contribution < 1.29 is 14.7 Å². The van der Waals surface area contributed by atoms with E-state index in [1.807, 2.05) is 51.1 Å². The molecule has 2 heterocycles. The number of nitrogens with one attached hydrogen (secondary N) is 1. The summed E-state index contributed by atoms with van der Waals surface area (Å²) in [5, 5.41) is 23.4. The highest BCUT2D eigenvalue weighted by molar-refractivity contribution is 5.87. The van der Waals surface area contributed by atoms with Crippen LogP contribution in [0.2, 0.25) is 0 Å². The normalized spacial score (nSPS) is 25.1. The summed E-state index contributed by atoms with van der Waals surface area (Å²) in [6.45, 7) is 6.08. The first-order valence-electron chi connectivity index (χ1n) is 12.4. The Morgan fingerprint density at radius 3 is 2.40 bits per heavy atom. The summed E-state index contributed by atoms with van der Waals surface area (Å²) >= 11 is 0. The van der Waals surface area contributed by atoms with Gasteiger partial charge in [-0.1, -0.05) is 70.4 Å². The predicted molar refractivity (Wildman–Crippen MR) is 133 cm³/mol. The molecule has 0 bridgehead atoms. The molecule has 0 unspecified atom stereocenters. The lowest BCUT2D eigenvalue weighted by Crippen LogP contribution is -2.49. The van der Waals surface area contributed by atoms with Crippen molar-refractivity contribution in [3.63, 3.8) is 0 Å². The van der Waals surface area contributed by atoms with E-state index in [0.717, 1.165) is 37.7 Å². The molecule has 1 saturated heterocycles. The zero-order chi connectivity index (χ0) is 25.2. The molecule has 7 nitrogen and oxygen atoms in total. The Bertz CT molecular complexity index is 1100. The largest absolute Gasteiger partial charge is 0.480 e. The van der Waals surface area contributed by atoms with Gasteiger partial charge in [0.05, 0.1) is 23.7 Å². The molecule has 184 valence electrons. The highest BCUT2D eigenvalue weighted by Gasteiger charge is 2.58. The average molecular weight is 475 g/mol. The number of benzene rings is 1. The molecule has 1 aromatic heterocycles. The van der Waals surface area contributed by atoms with E-state index in [1.165, 1.54) is 0 Å². The molecule has 0 radical (unpaired) electrons. The number of carboxylic acids is 1. The number of carbonyl (C=O) groups is 2. The number of nitriles is 1. The average Bonchev–Trinajstić information content (AvgIpc) is 3.20. The van der Waals surface area contributed by atoms with Crippen LogP contribution in [0.3, 0.4) is 0 Å². The Kier molecular flexibility index (Phi) is 7.11. The quantitative estimate of drug-likeness (QED) is 0.631. The molecule has 7 heteroatoms. The van der Waals surface area contributed by atoms with Crippen LogP contribution >= 0.6 is 0 Å². The summed E-state index contributed by atoms with van der Waals surface area (Å²) in [6.07, 6.45) is 6.27. The SMILES string of the molecule is CC(C)(C)[C@@H]1[C@@H](Nc2cc(C#N)ccn2)[C@@H](c2ccccc2)N(C(=O)C2CCCCC2)[C@H]1C(=O)O. The van der Waals surface area contributed by atoms with Crippen LogP contribution in [0.1, 0.15) is 70.0 Å². The van der Waals surface area contributed by atoms with Crippen molar-refractivity contribution in [2.45, 2.75) is 71.0 Å². The van der Waals surface area contributed by atoms with E-state index in [-0.39, 0.29) is 11.8 Å². The molecule has 2 aliphatic rings. The van der Waals surface area contributed by atoms with Crippen LogP contribution in [-0.2, 0) is 9.59 Å². The predicted octanol–water partition coefficient (Wildman–Crippen LogP) is 5.01. The van der Waals surface area contributed by atoms with Gasteiger partial charge in [-0.25, -0.2) is 9.78 Å². The van der Waals surface area contributed by atoms with E-state index in [4.69, 9.17) is 0 Å². The maximum absolute atomic E-state index is 14.0. The Morgan fingerprint density at radius 1 is 1.11 bits per heavy atom. The fourth-order valence-corrected chi connectivity index (χ4v) is 5.97. The van der Waals surface area contributed by atoms with Gasteiger partial charge >= 0.3 is 5.97 Å². The maximum atomic E-state index is 14.0. The van der Waals surface area contributed by atoms with Gasteiger partial charge in [-0.3, -0.25) is 4.79 Å². The Hall–Kier alpha value is -3.40. The number of hydrogen-bond donors (Lipinski definition) is 2. The van der Waals surface area contributed by atoms with Crippen LogP contribution in [0.15, 0.2) is 48.7 Å². The second-order valence-corrected chi connectivity index (χ2v) is 10.8. The van der Waals surface area contributed by atoms with Crippen molar-refractivity contribution in [3.05, 3.63) is 59.8 Å². The van der Waals surface area contributed by atoms with E-state index < -0.39 is 35.4 Å². The van der Waals surface area contributed by atoms with Crippen LogP contribution in [0.4, 0.5) is 5.82 Å². The van der Waals surface area contributed by atoms with Gasteiger partial charge in [0.1, 0.15) is 11.9 Å². The summed E-state index contributed by atoms with van der Waals surface area (Å²) in [7, 11) is 0. The van der Waals surface area contributed by atoms with Crippen molar-refractivity contribution >= 4 is 17.7 Å². The number of carboxylic acid groups (broad SMARTS) is 1. The lowest BCUT2D eigenvalue weighted by molar-refractivity contribution is -0.154. The Balaban J connectivity index is 1.86. The number of aromatic nitrogens is 1. The Labute approximate surface area is 207 Å². The van der Waals surface area contributed by atoms with E-state index in [0.29, 0.717) is 11.4 Å². The standard InChI is InChI=1S/C28H34N4O3/c1-28(2,3)22-23(31-21-16-18(17-29)14-15-30-21)24(19-10-6-4-7-11-19)32(25(22)27(34)35)26(33)20-12-8-5-9-13-20/h4,6-7,10-11,14-16,20,22-25H,5,8-9,12-13H2,1-3H3,(H,30,31)(H,34,35)/t22-,23-,24-,25-/m1/s1. The summed E-state index contributed by atoms with van der Waals surface area (Å²) < 4.78 is 0. The zero-order valence-electron chi connectivity index (χ0n) is 20.6. The monoisotopic (exact) mass is 474 g/mol. The second kappa shape index (κ2) is 10.1. The van der Waals surface area contributed by atoms with Gasteiger partial charge < -0.3 is 15.3 Å². The highest BCUT2D eigenvalue weighted by Crippen LogP contribution is 2.50. The lowest BCUT2D eigenvalue weighted by atomic mass is 9.72. The van der Waals surface area contributed by atoms with Gasteiger partial charge in [0, 0.05) is 18.0 Å². The summed E-state index contributed by atoms with van der Waals surface area (Å²) in [5.41, 5.74) is 0.930. The van der Waals surface area contributed by atoms with Crippen LogP contribution in [0.25, 0.3) is 0 Å². The molecule has 2 N–H and O–H groups in total. The van der Waals surface area contributed by atoms with Gasteiger partial charge in [0.2, 0.25) is 5.91 Å². The number of amides is 1. The first-order valence-corrected chi connectivity index (χ1v) is 12.4. The smallest absolute Gasteiger partial charge is 0.326 e. The van der Waals surface area contributed by atoms with Crippen molar-refractivity contribution in [1.29, 1.82) is 5.26 Å². The number of nitrogens with zero attached hydrogens (tertiary/aromatic N) is 3.